The van der Waals surface area contributed by atoms with Crippen molar-refractivity contribution in [3.63, 3.8) is 0 Å². The number of unbranched alkanes of at least 4 members (excludes halogenated alkanes) is 4. The van der Waals surface area contributed by atoms with E-state index in [-0.39, 0.29) is 12.4 Å². The number of hydrogen-bond acceptors (Lipinski definition) is 1. The van der Waals surface area contributed by atoms with Crippen LogP contribution in [-0.2, 0) is 19.4 Å². The molecule has 0 atom stereocenters. The average Bonchev–Trinajstić information content (AvgIpc) is 2.68. The van der Waals surface area contributed by atoms with E-state index < -0.39 is 0 Å². The first-order valence-corrected chi connectivity index (χ1v) is 10.5. The number of halogens is 1. The molecular weight excluding hydrogens is 354 g/mol. The molecule has 0 fully saturated rings. The zero-order chi connectivity index (χ0) is 18.5. The summed E-state index contributed by atoms with van der Waals surface area (Å²) in [5.74, 6) is 1.10. The van der Waals surface area contributed by atoms with E-state index in [4.69, 9.17) is 4.74 Å². The van der Waals surface area contributed by atoms with Gasteiger partial charge >= 0.3 is 0 Å². The topological polar surface area (TPSA) is 13.1 Å². The molecule has 27 heavy (non-hydrogen) atoms. The van der Waals surface area contributed by atoms with Crippen molar-refractivity contribution in [2.24, 2.45) is 0 Å². The lowest BCUT2D eigenvalue weighted by Gasteiger charge is -2.13. The van der Waals surface area contributed by atoms with Crippen LogP contribution in [0.5, 0.6) is 5.75 Å². The molecule has 0 saturated heterocycles. The lowest BCUT2D eigenvalue weighted by Crippen LogP contribution is -3.00. The van der Waals surface area contributed by atoms with Crippen LogP contribution in [0.1, 0.15) is 69.9 Å². The van der Waals surface area contributed by atoms with Gasteiger partial charge < -0.3 is 17.1 Å². The van der Waals surface area contributed by atoms with Crippen LogP contribution >= 0.6 is 0 Å². The molecule has 2 rings (SSSR count). The molecule has 0 aliphatic carbocycles. The number of pyridine rings is 1. The van der Waals surface area contributed by atoms with Gasteiger partial charge in [0.15, 0.2) is 18.9 Å². The number of aryl methyl sites for hydroxylation is 3. The lowest BCUT2D eigenvalue weighted by molar-refractivity contribution is -0.697. The van der Waals surface area contributed by atoms with Gasteiger partial charge in [-0.05, 0) is 42.9 Å². The Kier molecular flexibility index (Phi) is 12.6. The molecule has 0 radical (unpaired) electrons. The van der Waals surface area contributed by atoms with Crippen LogP contribution in [0.25, 0.3) is 0 Å². The van der Waals surface area contributed by atoms with Gasteiger partial charge in [-0.25, -0.2) is 4.57 Å². The van der Waals surface area contributed by atoms with Crippen LogP contribution in [0.4, 0.5) is 0 Å². The minimum absolute atomic E-state index is 0. The summed E-state index contributed by atoms with van der Waals surface area (Å²) in [6, 6.07) is 13.1. The summed E-state index contributed by atoms with van der Waals surface area (Å²) >= 11 is 0. The van der Waals surface area contributed by atoms with Gasteiger partial charge in [-0.2, -0.15) is 0 Å². The highest BCUT2D eigenvalue weighted by molar-refractivity contribution is 5.37. The van der Waals surface area contributed by atoms with Gasteiger partial charge in [0, 0.05) is 18.6 Å². The number of aromatic nitrogens is 1. The first-order chi connectivity index (χ1) is 12.8. The predicted octanol–water partition coefficient (Wildman–Crippen LogP) is 2.91. The monoisotopic (exact) mass is 389 g/mol. The van der Waals surface area contributed by atoms with Crippen molar-refractivity contribution in [1.82, 2.24) is 0 Å². The van der Waals surface area contributed by atoms with Gasteiger partial charge in [-0.1, -0.05) is 57.7 Å². The summed E-state index contributed by atoms with van der Waals surface area (Å²) in [6.07, 6.45) is 15.3. The first-order valence-electron chi connectivity index (χ1n) is 10.5. The number of benzene rings is 1. The van der Waals surface area contributed by atoms with E-state index in [0.29, 0.717) is 0 Å². The second-order valence-corrected chi connectivity index (χ2v) is 7.17. The standard InChI is InChI=1S/C24H36NO.ClH/c1-3-5-8-13-22-15-16-24(23(21-22)14-9-6-4-2)26-20-12-19-25-17-10-7-11-18-25;/h7,10-11,15-18,21H,3-6,8-9,12-14,19-20H2,1-2H3;1H/q+1;/p-1. The van der Waals surface area contributed by atoms with Crippen molar-refractivity contribution >= 4 is 0 Å². The summed E-state index contributed by atoms with van der Waals surface area (Å²) in [5, 5.41) is 0. The molecule has 150 valence electrons. The minimum atomic E-state index is 0. The molecule has 0 spiro atoms. The third kappa shape index (κ3) is 9.28. The third-order valence-electron chi connectivity index (χ3n) is 4.84. The van der Waals surface area contributed by atoms with E-state index in [0.717, 1.165) is 31.7 Å². The number of ether oxygens (including phenoxy) is 1. The maximum Gasteiger partial charge on any atom is 0.168 e. The highest BCUT2D eigenvalue weighted by Gasteiger charge is 2.07. The predicted molar refractivity (Wildman–Crippen MR) is 110 cm³/mol. The van der Waals surface area contributed by atoms with Gasteiger partial charge in [0.25, 0.3) is 0 Å². The SMILES string of the molecule is CCCCCc1ccc(OCCC[n+]2ccccc2)c(CCCCC)c1.[Cl-]. The fraction of sp³-hybridized carbons (Fsp3) is 0.542. The number of rotatable bonds is 13. The molecule has 0 amide bonds. The maximum atomic E-state index is 6.16. The molecular formula is C24H36ClNO. The Morgan fingerprint density at radius 3 is 2.22 bits per heavy atom. The molecule has 1 heterocycles. The highest BCUT2D eigenvalue weighted by atomic mass is 35.5. The third-order valence-corrected chi connectivity index (χ3v) is 4.84. The van der Waals surface area contributed by atoms with Gasteiger partial charge in [0.2, 0.25) is 0 Å². The molecule has 1 aromatic carbocycles. The van der Waals surface area contributed by atoms with Gasteiger partial charge in [-0.15, -0.1) is 0 Å². The fourth-order valence-electron chi connectivity index (χ4n) is 3.28. The van der Waals surface area contributed by atoms with Crippen molar-refractivity contribution in [2.75, 3.05) is 6.61 Å². The largest absolute Gasteiger partial charge is 1.00 e. The minimum Gasteiger partial charge on any atom is -1.00 e. The van der Waals surface area contributed by atoms with Crippen LogP contribution < -0.4 is 21.7 Å². The zero-order valence-electron chi connectivity index (χ0n) is 17.1. The first kappa shape index (κ1) is 23.5. The van der Waals surface area contributed by atoms with Gasteiger partial charge in [-0.3, -0.25) is 0 Å². The van der Waals surface area contributed by atoms with Gasteiger partial charge in [0.05, 0.1) is 6.61 Å². The van der Waals surface area contributed by atoms with E-state index in [1.165, 1.54) is 56.1 Å². The normalized spacial score (nSPS) is 10.4. The molecule has 0 aliphatic rings. The molecule has 3 heteroatoms. The van der Waals surface area contributed by atoms with E-state index in [1.807, 2.05) is 0 Å². The Labute approximate surface area is 172 Å². The van der Waals surface area contributed by atoms with Crippen molar-refractivity contribution in [3.05, 3.63) is 59.9 Å². The van der Waals surface area contributed by atoms with Crippen molar-refractivity contribution in [1.29, 1.82) is 0 Å². The van der Waals surface area contributed by atoms with E-state index in [1.54, 1.807) is 0 Å². The van der Waals surface area contributed by atoms with Crippen LogP contribution in [0.2, 0.25) is 0 Å². The number of nitrogens with zero attached hydrogens (tertiary/aromatic N) is 1. The van der Waals surface area contributed by atoms with Crippen molar-refractivity contribution < 1.29 is 21.7 Å². The van der Waals surface area contributed by atoms with E-state index >= 15 is 0 Å². The lowest BCUT2D eigenvalue weighted by atomic mass is 10.00. The molecule has 0 N–H and O–H groups in total. The molecule has 0 unspecified atom stereocenters. The molecule has 0 bridgehead atoms. The van der Waals surface area contributed by atoms with Crippen LogP contribution in [0, 0.1) is 0 Å². The summed E-state index contributed by atoms with van der Waals surface area (Å²) in [7, 11) is 0. The quantitative estimate of drug-likeness (QED) is 0.379. The summed E-state index contributed by atoms with van der Waals surface area (Å²) in [5.41, 5.74) is 2.87. The molecule has 0 saturated carbocycles. The van der Waals surface area contributed by atoms with Crippen LogP contribution in [0.3, 0.4) is 0 Å². The number of hydrogen-bond donors (Lipinski definition) is 0. The Hall–Kier alpha value is -1.54. The highest BCUT2D eigenvalue weighted by Crippen LogP contribution is 2.24. The van der Waals surface area contributed by atoms with E-state index in [2.05, 4.69) is 67.2 Å². The second kappa shape index (κ2) is 14.5. The van der Waals surface area contributed by atoms with Gasteiger partial charge in [0.1, 0.15) is 5.75 Å². The fourth-order valence-corrected chi connectivity index (χ4v) is 3.28. The van der Waals surface area contributed by atoms with E-state index in [9.17, 15) is 0 Å². The average molecular weight is 390 g/mol. The Bertz CT molecular complexity index is 615. The molecule has 1 aromatic heterocycles. The summed E-state index contributed by atoms with van der Waals surface area (Å²) < 4.78 is 8.37. The molecule has 2 nitrogen and oxygen atoms in total. The van der Waals surface area contributed by atoms with Crippen molar-refractivity contribution in [2.45, 2.75) is 78.2 Å². The van der Waals surface area contributed by atoms with Crippen molar-refractivity contribution in [3.8, 4) is 5.75 Å². The Morgan fingerprint density at radius 2 is 1.52 bits per heavy atom. The Balaban J connectivity index is 0.00000364. The van der Waals surface area contributed by atoms with Crippen LogP contribution in [-0.4, -0.2) is 6.61 Å². The molecule has 2 aromatic rings. The second-order valence-electron chi connectivity index (χ2n) is 7.17. The Morgan fingerprint density at radius 1 is 0.815 bits per heavy atom. The maximum absolute atomic E-state index is 6.16. The smallest absolute Gasteiger partial charge is 0.168 e. The summed E-state index contributed by atoms with van der Waals surface area (Å²) in [4.78, 5) is 0. The zero-order valence-corrected chi connectivity index (χ0v) is 17.9. The summed E-state index contributed by atoms with van der Waals surface area (Å²) in [6.45, 7) is 6.31. The molecule has 0 aliphatic heterocycles. The van der Waals surface area contributed by atoms with Crippen LogP contribution in [0.15, 0.2) is 48.8 Å².